The van der Waals surface area contributed by atoms with Gasteiger partial charge in [-0.05, 0) is 31.0 Å². The van der Waals surface area contributed by atoms with Crippen LogP contribution in [0.2, 0.25) is 0 Å². The van der Waals surface area contributed by atoms with Crippen molar-refractivity contribution in [3.8, 4) is 0 Å². The highest BCUT2D eigenvalue weighted by molar-refractivity contribution is 7.20. The number of amides is 2. The molecule has 0 saturated carbocycles. The number of hydrazine groups is 1. The molecule has 3 heterocycles. The first-order valence-corrected chi connectivity index (χ1v) is 10.1. The van der Waals surface area contributed by atoms with E-state index in [1.54, 1.807) is 41.8 Å². The zero-order valence-corrected chi connectivity index (χ0v) is 16.9. The first kappa shape index (κ1) is 19.8. The van der Waals surface area contributed by atoms with Crippen LogP contribution in [-0.2, 0) is 22.5 Å². The number of benzene rings is 1. The number of aryl methyl sites for hydroxylation is 2. The van der Waals surface area contributed by atoms with Gasteiger partial charge in [0.25, 0.3) is 17.4 Å². The predicted molar refractivity (Wildman–Crippen MR) is 109 cm³/mol. The summed E-state index contributed by atoms with van der Waals surface area (Å²) in [7, 11) is 0. The maximum absolute atomic E-state index is 12.7. The van der Waals surface area contributed by atoms with Gasteiger partial charge in [0.05, 0.1) is 5.39 Å². The third-order valence-corrected chi connectivity index (χ3v) is 5.95. The van der Waals surface area contributed by atoms with Crippen LogP contribution in [0.3, 0.4) is 0 Å². The van der Waals surface area contributed by atoms with E-state index in [9.17, 15) is 19.2 Å². The largest absolute Gasteiger partial charge is 0.451 e. The standard InChI is InChI=1S/C20H18N4O5S/c1-11-15-18(21-13-8-5-9-24(13)19(15)27)30-16(11)20(28)29-10-14(25)22-23-17(26)12-6-3-2-4-7-12/h2-4,6-7H,5,8-10H2,1H3,(H,22,25)(H,23,26). The van der Waals surface area contributed by atoms with Crippen LogP contribution in [0.5, 0.6) is 0 Å². The maximum Gasteiger partial charge on any atom is 0.349 e. The van der Waals surface area contributed by atoms with E-state index in [-0.39, 0.29) is 10.4 Å². The summed E-state index contributed by atoms with van der Waals surface area (Å²) >= 11 is 1.08. The summed E-state index contributed by atoms with van der Waals surface area (Å²) in [6.45, 7) is 1.71. The number of carbonyl (C=O) groups excluding carboxylic acids is 3. The molecule has 1 aromatic carbocycles. The van der Waals surface area contributed by atoms with Gasteiger partial charge in [-0.25, -0.2) is 9.78 Å². The second kappa shape index (κ2) is 8.07. The number of hydrogen-bond acceptors (Lipinski definition) is 7. The number of nitrogens with one attached hydrogen (secondary N) is 2. The minimum absolute atomic E-state index is 0.151. The molecule has 10 heteroatoms. The van der Waals surface area contributed by atoms with Gasteiger partial charge in [-0.2, -0.15) is 0 Å². The number of thiophene rings is 1. The van der Waals surface area contributed by atoms with Crippen molar-refractivity contribution in [2.75, 3.05) is 6.61 Å². The molecule has 30 heavy (non-hydrogen) atoms. The average molecular weight is 426 g/mol. The fourth-order valence-electron chi connectivity index (χ4n) is 3.29. The summed E-state index contributed by atoms with van der Waals surface area (Å²) in [5, 5.41) is 0.414. The molecule has 9 nitrogen and oxygen atoms in total. The molecule has 2 aromatic heterocycles. The summed E-state index contributed by atoms with van der Waals surface area (Å²) in [5.41, 5.74) is 5.16. The topological polar surface area (TPSA) is 119 Å². The van der Waals surface area contributed by atoms with Gasteiger partial charge in [0.1, 0.15) is 15.5 Å². The van der Waals surface area contributed by atoms with Crippen LogP contribution in [0.4, 0.5) is 0 Å². The van der Waals surface area contributed by atoms with Crippen molar-refractivity contribution in [1.82, 2.24) is 20.4 Å². The Kier molecular flexibility index (Phi) is 5.32. The van der Waals surface area contributed by atoms with Crippen molar-refractivity contribution in [2.45, 2.75) is 26.3 Å². The van der Waals surface area contributed by atoms with Gasteiger partial charge in [0.2, 0.25) is 0 Å². The zero-order chi connectivity index (χ0) is 21.3. The van der Waals surface area contributed by atoms with Gasteiger partial charge in [-0.1, -0.05) is 18.2 Å². The molecule has 0 radical (unpaired) electrons. The lowest BCUT2D eigenvalue weighted by atomic mass is 10.2. The highest BCUT2D eigenvalue weighted by Crippen LogP contribution is 2.29. The second-order valence-corrected chi connectivity index (χ2v) is 7.77. The fraction of sp³-hybridized carbons (Fsp3) is 0.250. The van der Waals surface area contributed by atoms with E-state index in [1.807, 2.05) is 0 Å². The molecular formula is C20H18N4O5S. The van der Waals surface area contributed by atoms with E-state index >= 15 is 0 Å². The number of esters is 1. The van der Waals surface area contributed by atoms with E-state index in [0.29, 0.717) is 27.9 Å². The molecule has 2 amide bonds. The van der Waals surface area contributed by atoms with E-state index in [4.69, 9.17) is 4.74 Å². The number of hydrogen-bond donors (Lipinski definition) is 2. The molecule has 4 rings (SSSR count). The van der Waals surface area contributed by atoms with Crippen LogP contribution in [0.15, 0.2) is 35.1 Å². The van der Waals surface area contributed by atoms with Crippen molar-refractivity contribution in [2.24, 2.45) is 0 Å². The highest BCUT2D eigenvalue weighted by Gasteiger charge is 2.24. The van der Waals surface area contributed by atoms with Gasteiger partial charge in [-0.15, -0.1) is 11.3 Å². The van der Waals surface area contributed by atoms with Crippen molar-refractivity contribution in [3.05, 3.63) is 62.5 Å². The quantitative estimate of drug-likeness (QED) is 0.480. The van der Waals surface area contributed by atoms with Gasteiger partial charge >= 0.3 is 5.97 Å². The van der Waals surface area contributed by atoms with Gasteiger partial charge in [0, 0.05) is 18.5 Å². The lowest BCUT2D eigenvalue weighted by molar-refractivity contribution is -0.125. The van der Waals surface area contributed by atoms with Crippen LogP contribution in [0, 0.1) is 6.92 Å². The Morgan fingerprint density at radius 2 is 1.97 bits per heavy atom. The van der Waals surface area contributed by atoms with E-state index in [0.717, 1.165) is 30.0 Å². The average Bonchev–Trinajstić information content (AvgIpc) is 3.36. The van der Waals surface area contributed by atoms with Crippen LogP contribution in [0.1, 0.15) is 37.8 Å². The Hall–Kier alpha value is -3.53. The molecule has 0 spiro atoms. The monoisotopic (exact) mass is 426 g/mol. The number of ether oxygens (including phenoxy) is 1. The minimum atomic E-state index is -0.718. The molecular weight excluding hydrogens is 408 g/mol. The Bertz CT molecular complexity index is 1220. The molecule has 0 aliphatic carbocycles. The van der Waals surface area contributed by atoms with Crippen LogP contribution in [-0.4, -0.2) is 33.9 Å². The van der Waals surface area contributed by atoms with E-state index in [1.165, 1.54) is 0 Å². The molecule has 1 aliphatic heterocycles. The van der Waals surface area contributed by atoms with E-state index in [2.05, 4.69) is 15.8 Å². The van der Waals surface area contributed by atoms with Crippen LogP contribution in [0.25, 0.3) is 10.2 Å². The maximum atomic E-state index is 12.7. The lowest BCUT2D eigenvalue weighted by Crippen LogP contribution is -2.43. The van der Waals surface area contributed by atoms with Crippen LogP contribution < -0.4 is 16.4 Å². The molecule has 0 saturated heterocycles. The number of fused-ring (bicyclic) bond motifs is 2. The summed E-state index contributed by atoms with van der Waals surface area (Å²) < 4.78 is 6.69. The molecule has 3 aromatic rings. The van der Waals surface area contributed by atoms with Gasteiger partial charge in [0.15, 0.2) is 6.61 Å². The molecule has 0 unspecified atom stereocenters. The number of carbonyl (C=O) groups is 3. The van der Waals surface area contributed by atoms with Crippen LogP contribution >= 0.6 is 11.3 Å². The Labute approximate surface area is 174 Å². The second-order valence-electron chi connectivity index (χ2n) is 6.77. The molecule has 0 atom stereocenters. The molecule has 0 bridgehead atoms. The minimum Gasteiger partial charge on any atom is -0.451 e. The van der Waals surface area contributed by atoms with Crippen molar-refractivity contribution in [3.63, 3.8) is 0 Å². The highest BCUT2D eigenvalue weighted by atomic mass is 32.1. The number of aromatic nitrogens is 2. The van der Waals surface area contributed by atoms with Gasteiger partial charge in [-0.3, -0.25) is 29.8 Å². The lowest BCUT2D eigenvalue weighted by Gasteiger charge is -2.08. The fourth-order valence-corrected chi connectivity index (χ4v) is 4.38. The van der Waals surface area contributed by atoms with Crippen molar-refractivity contribution < 1.29 is 19.1 Å². The smallest absolute Gasteiger partial charge is 0.349 e. The van der Waals surface area contributed by atoms with Crippen molar-refractivity contribution in [1.29, 1.82) is 0 Å². The third-order valence-electron chi connectivity index (χ3n) is 4.78. The molecule has 2 N–H and O–H groups in total. The SMILES string of the molecule is Cc1c(C(=O)OCC(=O)NNC(=O)c2ccccc2)sc2nc3n(c(=O)c12)CCC3. The summed E-state index contributed by atoms with van der Waals surface area (Å²) in [5.74, 6) is -1.18. The Balaban J connectivity index is 1.39. The Morgan fingerprint density at radius 3 is 2.73 bits per heavy atom. The number of nitrogens with zero attached hydrogens (tertiary/aromatic N) is 2. The Morgan fingerprint density at radius 1 is 1.20 bits per heavy atom. The molecule has 154 valence electrons. The molecule has 0 fully saturated rings. The normalized spacial score (nSPS) is 12.4. The summed E-state index contributed by atoms with van der Waals surface area (Å²) in [4.78, 5) is 54.2. The first-order chi connectivity index (χ1) is 14.5. The first-order valence-electron chi connectivity index (χ1n) is 9.30. The summed E-state index contributed by atoms with van der Waals surface area (Å²) in [6, 6.07) is 8.35. The van der Waals surface area contributed by atoms with Crippen molar-refractivity contribution >= 4 is 39.3 Å². The number of rotatable bonds is 4. The molecule has 1 aliphatic rings. The predicted octanol–water partition coefficient (Wildman–Crippen LogP) is 1.33. The van der Waals surface area contributed by atoms with E-state index < -0.39 is 24.4 Å². The van der Waals surface area contributed by atoms with Gasteiger partial charge < -0.3 is 4.74 Å². The summed E-state index contributed by atoms with van der Waals surface area (Å²) in [6.07, 6.45) is 1.61. The zero-order valence-electron chi connectivity index (χ0n) is 16.1. The third kappa shape index (κ3) is 3.69.